The maximum absolute atomic E-state index is 13.1. The summed E-state index contributed by atoms with van der Waals surface area (Å²) in [7, 11) is 0. The summed E-state index contributed by atoms with van der Waals surface area (Å²) in [5.41, 5.74) is 0.329. The molecule has 1 aromatic carbocycles. The minimum atomic E-state index is -0.654. The van der Waals surface area contributed by atoms with E-state index in [1.165, 1.54) is 12.1 Å². The zero-order chi connectivity index (χ0) is 13.8. The summed E-state index contributed by atoms with van der Waals surface area (Å²) in [6.07, 6.45) is 0.610. The van der Waals surface area contributed by atoms with Crippen LogP contribution in [0.25, 0.3) is 0 Å². The number of rotatable bonds is 4. The van der Waals surface area contributed by atoms with Crippen molar-refractivity contribution in [1.29, 1.82) is 0 Å². The summed E-state index contributed by atoms with van der Waals surface area (Å²) in [6.45, 7) is 5.11. The number of carbonyl (C=O) groups is 1. The highest BCUT2D eigenvalue weighted by atomic mass is 19.1. The van der Waals surface area contributed by atoms with Crippen LogP contribution >= 0.6 is 0 Å². The smallest absolute Gasteiger partial charge is 0.319 e. The molecule has 1 unspecified atom stereocenters. The highest BCUT2D eigenvalue weighted by molar-refractivity contribution is 5.89. The highest BCUT2D eigenvalue weighted by Gasteiger charge is 2.23. The van der Waals surface area contributed by atoms with E-state index in [2.05, 4.69) is 10.6 Å². The van der Waals surface area contributed by atoms with Crippen molar-refractivity contribution in [3.05, 3.63) is 29.6 Å². The molecule has 1 aromatic rings. The second-order valence-electron chi connectivity index (χ2n) is 4.62. The van der Waals surface area contributed by atoms with Gasteiger partial charge < -0.3 is 15.7 Å². The van der Waals surface area contributed by atoms with Gasteiger partial charge in [0.2, 0.25) is 0 Å². The van der Waals surface area contributed by atoms with Crippen LogP contribution in [0.5, 0.6) is 0 Å². The van der Waals surface area contributed by atoms with E-state index < -0.39 is 11.6 Å². The Kier molecular flexibility index (Phi) is 4.67. The van der Waals surface area contributed by atoms with Crippen LogP contribution in [0.3, 0.4) is 0 Å². The normalized spacial score (nSPS) is 13.8. The molecule has 0 aliphatic rings. The maximum Gasteiger partial charge on any atom is 0.319 e. The number of halogens is 1. The number of aryl methyl sites for hydroxylation is 1. The SMILES string of the molecule is CCC(C)(CO)NC(=O)Nc1ccc(F)c(C)c1. The van der Waals surface area contributed by atoms with Gasteiger partial charge in [-0.3, -0.25) is 0 Å². The highest BCUT2D eigenvalue weighted by Crippen LogP contribution is 2.14. The summed E-state index contributed by atoms with van der Waals surface area (Å²) in [5.74, 6) is -0.310. The molecular formula is C13H19FN2O2. The lowest BCUT2D eigenvalue weighted by molar-refractivity contribution is 0.172. The number of benzene rings is 1. The maximum atomic E-state index is 13.1. The van der Waals surface area contributed by atoms with Crippen molar-refractivity contribution in [2.24, 2.45) is 0 Å². The van der Waals surface area contributed by atoms with Crippen LogP contribution in [0.4, 0.5) is 14.9 Å². The molecule has 5 heteroatoms. The molecule has 0 saturated heterocycles. The summed E-state index contributed by atoms with van der Waals surface area (Å²) >= 11 is 0. The molecule has 0 aliphatic heterocycles. The van der Waals surface area contributed by atoms with Crippen molar-refractivity contribution < 1.29 is 14.3 Å². The lowest BCUT2D eigenvalue weighted by Crippen LogP contribution is -2.50. The van der Waals surface area contributed by atoms with E-state index >= 15 is 0 Å². The third-order valence-corrected chi connectivity index (χ3v) is 2.96. The number of aliphatic hydroxyl groups excluding tert-OH is 1. The van der Waals surface area contributed by atoms with Gasteiger partial charge in [-0.1, -0.05) is 6.92 Å². The van der Waals surface area contributed by atoms with E-state index in [4.69, 9.17) is 0 Å². The Bertz CT molecular complexity index is 431. The Morgan fingerprint density at radius 3 is 2.67 bits per heavy atom. The predicted molar refractivity (Wildman–Crippen MR) is 69.1 cm³/mol. The van der Waals surface area contributed by atoms with Crippen molar-refractivity contribution in [3.8, 4) is 0 Å². The van der Waals surface area contributed by atoms with Crippen LogP contribution in [-0.4, -0.2) is 23.3 Å². The first-order valence-electron chi connectivity index (χ1n) is 5.86. The Morgan fingerprint density at radius 1 is 1.50 bits per heavy atom. The molecule has 0 aromatic heterocycles. The van der Waals surface area contributed by atoms with Crippen LogP contribution in [0.1, 0.15) is 25.8 Å². The van der Waals surface area contributed by atoms with Crippen LogP contribution in [0.15, 0.2) is 18.2 Å². The number of hydrogen-bond acceptors (Lipinski definition) is 2. The first kappa shape index (κ1) is 14.4. The van der Waals surface area contributed by atoms with E-state index in [9.17, 15) is 14.3 Å². The van der Waals surface area contributed by atoms with Crippen LogP contribution in [0, 0.1) is 12.7 Å². The monoisotopic (exact) mass is 254 g/mol. The number of nitrogens with one attached hydrogen (secondary N) is 2. The molecule has 2 amide bonds. The Labute approximate surface area is 106 Å². The van der Waals surface area contributed by atoms with Gasteiger partial charge in [0.25, 0.3) is 0 Å². The third-order valence-electron chi connectivity index (χ3n) is 2.96. The largest absolute Gasteiger partial charge is 0.394 e. The van der Waals surface area contributed by atoms with Crippen molar-refractivity contribution in [1.82, 2.24) is 5.32 Å². The summed E-state index contributed by atoms with van der Waals surface area (Å²) in [5, 5.41) is 14.5. The molecule has 0 aliphatic carbocycles. The lowest BCUT2D eigenvalue weighted by Gasteiger charge is -2.27. The molecule has 0 fully saturated rings. The summed E-state index contributed by atoms with van der Waals surface area (Å²) in [4.78, 5) is 11.7. The van der Waals surface area contributed by atoms with E-state index in [1.54, 1.807) is 19.9 Å². The fourth-order valence-corrected chi connectivity index (χ4v) is 1.40. The van der Waals surface area contributed by atoms with Gasteiger partial charge in [0.15, 0.2) is 0 Å². The van der Waals surface area contributed by atoms with E-state index in [0.717, 1.165) is 0 Å². The van der Waals surface area contributed by atoms with Gasteiger partial charge in [0.05, 0.1) is 12.1 Å². The van der Waals surface area contributed by atoms with Crippen molar-refractivity contribution >= 4 is 11.7 Å². The number of amides is 2. The van der Waals surface area contributed by atoms with Gasteiger partial charge in [-0.2, -0.15) is 0 Å². The number of anilines is 1. The van der Waals surface area contributed by atoms with Gasteiger partial charge in [-0.15, -0.1) is 0 Å². The zero-order valence-corrected chi connectivity index (χ0v) is 10.9. The molecule has 3 N–H and O–H groups in total. The van der Waals surface area contributed by atoms with Gasteiger partial charge >= 0.3 is 6.03 Å². The molecule has 0 saturated carbocycles. The van der Waals surface area contributed by atoms with Crippen molar-refractivity contribution in [2.75, 3.05) is 11.9 Å². The molecule has 0 spiro atoms. The topological polar surface area (TPSA) is 61.4 Å². The zero-order valence-electron chi connectivity index (χ0n) is 10.9. The number of hydrogen-bond donors (Lipinski definition) is 3. The molecule has 0 radical (unpaired) electrons. The first-order chi connectivity index (χ1) is 8.40. The Hall–Kier alpha value is -1.62. The number of carbonyl (C=O) groups excluding carboxylic acids is 1. The molecule has 100 valence electrons. The minimum absolute atomic E-state index is 0.140. The summed E-state index contributed by atoms with van der Waals surface area (Å²) < 4.78 is 13.1. The standard InChI is InChI=1S/C13H19FN2O2/c1-4-13(3,8-17)16-12(18)15-10-5-6-11(14)9(2)7-10/h5-7,17H,4,8H2,1-3H3,(H2,15,16,18). The van der Waals surface area contributed by atoms with Gasteiger partial charge in [0, 0.05) is 5.69 Å². The molecule has 4 nitrogen and oxygen atoms in total. The number of aliphatic hydroxyl groups is 1. The molecule has 18 heavy (non-hydrogen) atoms. The lowest BCUT2D eigenvalue weighted by atomic mass is 10.0. The quantitative estimate of drug-likeness (QED) is 0.772. The molecule has 1 atom stereocenters. The third kappa shape index (κ3) is 3.70. The van der Waals surface area contributed by atoms with Crippen LogP contribution in [-0.2, 0) is 0 Å². The molecular weight excluding hydrogens is 235 g/mol. The van der Waals surface area contributed by atoms with E-state index in [-0.39, 0.29) is 12.4 Å². The van der Waals surface area contributed by atoms with E-state index in [1.807, 2.05) is 6.92 Å². The van der Waals surface area contributed by atoms with Gasteiger partial charge in [-0.25, -0.2) is 9.18 Å². The summed E-state index contributed by atoms with van der Waals surface area (Å²) in [6, 6.07) is 3.93. The van der Waals surface area contributed by atoms with Crippen molar-refractivity contribution in [2.45, 2.75) is 32.7 Å². The van der Waals surface area contributed by atoms with E-state index in [0.29, 0.717) is 17.7 Å². The average Bonchev–Trinajstić information content (AvgIpc) is 2.33. The Balaban J connectivity index is 2.67. The van der Waals surface area contributed by atoms with Crippen molar-refractivity contribution in [3.63, 3.8) is 0 Å². The van der Waals surface area contributed by atoms with Gasteiger partial charge in [-0.05, 0) is 44.0 Å². The molecule has 1 rings (SSSR count). The fourth-order valence-electron chi connectivity index (χ4n) is 1.40. The van der Waals surface area contributed by atoms with Gasteiger partial charge in [0.1, 0.15) is 5.82 Å². The minimum Gasteiger partial charge on any atom is -0.394 e. The average molecular weight is 254 g/mol. The Morgan fingerprint density at radius 2 is 2.17 bits per heavy atom. The first-order valence-corrected chi connectivity index (χ1v) is 5.86. The fraction of sp³-hybridized carbons (Fsp3) is 0.462. The predicted octanol–water partition coefficient (Wildman–Crippen LogP) is 2.42. The number of urea groups is 1. The second-order valence-corrected chi connectivity index (χ2v) is 4.62. The van der Waals surface area contributed by atoms with Crippen LogP contribution < -0.4 is 10.6 Å². The van der Waals surface area contributed by atoms with Crippen LogP contribution in [0.2, 0.25) is 0 Å². The molecule has 0 bridgehead atoms. The molecule has 0 heterocycles. The second kappa shape index (κ2) is 5.82.